The Kier molecular flexibility index (Phi) is 5.15. The van der Waals surface area contributed by atoms with Crippen molar-refractivity contribution in [1.82, 2.24) is 14.4 Å². The van der Waals surface area contributed by atoms with Crippen molar-refractivity contribution < 1.29 is 13.5 Å². The summed E-state index contributed by atoms with van der Waals surface area (Å²) >= 11 is 0. The second kappa shape index (κ2) is 8.30. The van der Waals surface area contributed by atoms with Crippen LogP contribution in [0.2, 0.25) is 0 Å². The van der Waals surface area contributed by atoms with Gasteiger partial charge in [-0.05, 0) is 42.0 Å². The van der Waals surface area contributed by atoms with Gasteiger partial charge in [0.2, 0.25) is 5.78 Å². The number of nitrogens with zero attached hydrogens (tertiary/aromatic N) is 3. The molecule has 5 rings (SSSR count). The molecule has 0 amide bonds. The molecule has 0 aliphatic rings. The van der Waals surface area contributed by atoms with Crippen LogP contribution < -0.4 is 10.3 Å². The molecular formula is C26H16F2N4O2. The highest BCUT2D eigenvalue weighted by Gasteiger charge is 2.20. The Morgan fingerprint density at radius 3 is 2.32 bits per heavy atom. The van der Waals surface area contributed by atoms with Crippen molar-refractivity contribution in [3.8, 4) is 39.5 Å². The Morgan fingerprint density at radius 1 is 0.971 bits per heavy atom. The monoisotopic (exact) mass is 454 g/mol. The number of imidazole rings is 1. The van der Waals surface area contributed by atoms with Gasteiger partial charge in [-0.25, -0.2) is 23.0 Å². The summed E-state index contributed by atoms with van der Waals surface area (Å²) in [6.45, 7) is 7.18. The molecule has 8 heteroatoms. The summed E-state index contributed by atoms with van der Waals surface area (Å²) in [4.78, 5) is 24.3. The van der Waals surface area contributed by atoms with Gasteiger partial charge in [0, 0.05) is 23.3 Å². The zero-order valence-corrected chi connectivity index (χ0v) is 17.8. The number of hydrogen-bond donors (Lipinski definition) is 1. The molecule has 0 bridgehead atoms. The second-order valence-corrected chi connectivity index (χ2v) is 7.50. The topological polar surface area (TPSA) is 63.8 Å². The van der Waals surface area contributed by atoms with E-state index in [0.29, 0.717) is 34.0 Å². The number of aromatic nitrogens is 3. The smallest absolute Gasteiger partial charge is 0.260 e. The maximum atomic E-state index is 14.4. The Bertz CT molecular complexity index is 1630. The Morgan fingerprint density at radius 2 is 1.68 bits per heavy atom. The van der Waals surface area contributed by atoms with Crippen LogP contribution in [0.3, 0.4) is 0 Å². The number of fused-ring (bicyclic) bond motifs is 1. The molecule has 0 radical (unpaired) electrons. The van der Waals surface area contributed by atoms with Crippen molar-refractivity contribution in [2.45, 2.75) is 0 Å². The van der Waals surface area contributed by atoms with Crippen molar-refractivity contribution in [2.24, 2.45) is 0 Å². The lowest BCUT2D eigenvalue weighted by Gasteiger charge is -2.08. The van der Waals surface area contributed by atoms with Crippen molar-refractivity contribution in [2.75, 3.05) is 7.11 Å². The van der Waals surface area contributed by atoms with Crippen LogP contribution in [0.5, 0.6) is 5.75 Å². The Balaban J connectivity index is 1.78. The van der Waals surface area contributed by atoms with Gasteiger partial charge in [-0.3, -0.25) is 4.79 Å². The van der Waals surface area contributed by atoms with Crippen molar-refractivity contribution in [3.63, 3.8) is 0 Å². The number of halogens is 2. The fourth-order valence-corrected chi connectivity index (χ4v) is 3.83. The number of H-pyrrole nitrogens is 1. The van der Waals surface area contributed by atoms with Crippen LogP contribution in [0.15, 0.2) is 77.6 Å². The largest absolute Gasteiger partial charge is 0.497 e. The molecule has 0 aliphatic carbocycles. The van der Waals surface area contributed by atoms with E-state index in [9.17, 15) is 13.6 Å². The van der Waals surface area contributed by atoms with Gasteiger partial charge < -0.3 is 9.72 Å². The Hall–Kier alpha value is -4.77. The lowest BCUT2D eigenvalue weighted by Crippen LogP contribution is -2.14. The molecule has 166 valence electrons. The van der Waals surface area contributed by atoms with E-state index in [4.69, 9.17) is 11.3 Å². The summed E-state index contributed by atoms with van der Waals surface area (Å²) in [5, 5.41) is 0. The van der Waals surface area contributed by atoms with E-state index in [1.807, 2.05) is 12.1 Å². The van der Waals surface area contributed by atoms with Crippen molar-refractivity contribution in [1.29, 1.82) is 0 Å². The van der Waals surface area contributed by atoms with Crippen LogP contribution in [-0.4, -0.2) is 21.5 Å². The van der Waals surface area contributed by atoms with Gasteiger partial charge >= 0.3 is 0 Å². The van der Waals surface area contributed by atoms with Crippen LogP contribution in [0.25, 0.3) is 44.4 Å². The lowest BCUT2D eigenvalue weighted by atomic mass is 10.0. The zero-order chi connectivity index (χ0) is 23.8. The molecule has 0 saturated heterocycles. The van der Waals surface area contributed by atoms with E-state index in [1.54, 1.807) is 43.5 Å². The third-order valence-electron chi connectivity index (χ3n) is 5.47. The molecule has 0 saturated carbocycles. The van der Waals surface area contributed by atoms with Gasteiger partial charge in [0.15, 0.2) is 5.69 Å². The number of aromatic amines is 1. The number of ether oxygens (including phenoxy) is 1. The van der Waals surface area contributed by atoms with Gasteiger partial charge in [-0.2, -0.15) is 0 Å². The van der Waals surface area contributed by atoms with Gasteiger partial charge in [-0.1, -0.05) is 24.3 Å². The minimum atomic E-state index is -0.795. The average molecular weight is 454 g/mol. The molecule has 34 heavy (non-hydrogen) atoms. The first-order valence-electron chi connectivity index (χ1n) is 10.2. The van der Waals surface area contributed by atoms with Gasteiger partial charge in [0.1, 0.15) is 17.4 Å². The predicted molar refractivity (Wildman–Crippen MR) is 125 cm³/mol. The van der Waals surface area contributed by atoms with E-state index in [2.05, 4.69) is 14.8 Å². The molecule has 6 nitrogen and oxygen atoms in total. The van der Waals surface area contributed by atoms with Gasteiger partial charge in [0.25, 0.3) is 5.56 Å². The van der Waals surface area contributed by atoms with E-state index < -0.39 is 17.2 Å². The molecule has 0 fully saturated rings. The third-order valence-corrected chi connectivity index (χ3v) is 5.47. The number of nitrogens with one attached hydrogen (secondary N) is 1. The second-order valence-electron chi connectivity index (χ2n) is 7.50. The molecule has 3 aromatic carbocycles. The molecule has 0 spiro atoms. The molecule has 2 heterocycles. The third kappa shape index (κ3) is 3.59. The van der Waals surface area contributed by atoms with E-state index in [0.717, 1.165) is 12.1 Å². The molecule has 0 unspecified atom stereocenters. The summed E-state index contributed by atoms with van der Waals surface area (Å²) in [7, 11) is 1.56. The number of hydrogen-bond acceptors (Lipinski definition) is 3. The predicted octanol–water partition coefficient (Wildman–Crippen LogP) is 5.86. The highest BCUT2D eigenvalue weighted by atomic mass is 19.1. The standard InChI is InChI=1S/C26H16F2N4O2/c1-29-18-8-3-15(4-9-18)24-25(16-5-10-19(34-2)11-6-16)32-23(33)14-22(30-26(32)31-24)20-12-7-17(27)13-21(20)28/h3-14H,2H3,(H,30,31). The fraction of sp³-hybridized carbons (Fsp3) is 0.0385. The molecule has 1 N–H and O–H groups in total. The number of rotatable bonds is 4. The minimum Gasteiger partial charge on any atom is -0.497 e. The van der Waals surface area contributed by atoms with Crippen molar-refractivity contribution in [3.05, 3.63) is 106 Å². The molecule has 5 aromatic rings. The van der Waals surface area contributed by atoms with Crippen LogP contribution in [0, 0.1) is 18.2 Å². The summed E-state index contributed by atoms with van der Waals surface area (Å²) in [5.41, 5.74) is 2.72. The maximum absolute atomic E-state index is 14.4. The average Bonchev–Trinajstić information content (AvgIpc) is 3.24. The Labute approximate surface area is 192 Å². The first-order chi connectivity index (χ1) is 16.5. The summed E-state index contributed by atoms with van der Waals surface area (Å²) in [5.74, 6) is -0.654. The highest BCUT2D eigenvalue weighted by molar-refractivity contribution is 5.82. The normalized spacial score (nSPS) is 10.9. The molecule has 0 aliphatic heterocycles. The zero-order valence-electron chi connectivity index (χ0n) is 17.8. The van der Waals surface area contributed by atoms with Crippen molar-refractivity contribution >= 4 is 11.5 Å². The lowest BCUT2D eigenvalue weighted by molar-refractivity contribution is 0.415. The number of methoxy groups -OCH3 is 1. The SMILES string of the molecule is [C-]#[N+]c1ccc(-c2nc3[nH]c(-c4ccc(F)cc4F)cc(=O)n3c2-c2ccc(OC)cc2)cc1. The summed E-state index contributed by atoms with van der Waals surface area (Å²) in [6.07, 6.45) is 0. The van der Waals surface area contributed by atoms with Crippen LogP contribution in [-0.2, 0) is 0 Å². The van der Waals surface area contributed by atoms with Gasteiger partial charge in [0.05, 0.1) is 30.8 Å². The molecule has 0 atom stereocenters. The fourth-order valence-electron chi connectivity index (χ4n) is 3.83. The molecule has 2 aromatic heterocycles. The quantitative estimate of drug-likeness (QED) is 0.346. The summed E-state index contributed by atoms with van der Waals surface area (Å²) in [6, 6.07) is 18.4. The summed E-state index contributed by atoms with van der Waals surface area (Å²) < 4.78 is 34.4. The van der Waals surface area contributed by atoms with E-state index >= 15 is 0 Å². The molecular weight excluding hydrogens is 438 g/mol. The van der Waals surface area contributed by atoms with E-state index in [1.165, 1.54) is 16.5 Å². The van der Waals surface area contributed by atoms with Crippen LogP contribution in [0.4, 0.5) is 14.5 Å². The highest BCUT2D eigenvalue weighted by Crippen LogP contribution is 2.34. The van der Waals surface area contributed by atoms with Crippen LogP contribution in [0.1, 0.15) is 0 Å². The van der Waals surface area contributed by atoms with Gasteiger partial charge in [-0.15, -0.1) is 0 Å². The number of benzene rings is 3. The maximum Gasteiger partial charge on any atom is 0.260 e. The first-order valence-corrected chi connectivity index (χ1v) is 10.2. The minimum absolute atomic E-state index is 0.0537. The van der Waals surface area contributed by atoms with E-state index in [-0.39, 0.29) is 17.0 Å². The first kappa shape index (κ1) is 21.1. The van der Waals surface area contributed by atoms with Crippen LogP contribution >= 0.6 is 0 Å².